The summed E-state index contributed by atoms with van der Waals surface area (Å²) in [6.07, 6.45) is 11.9. The van der Waals surface area contributed by atoms with E-state index in [4.69, 9.17) is 33.7 Å². The van der Waals surface area contributed by atoms with E-state index in [0.717, 1.165) is 30.4 Å². The molecule has 0 radical (unpaired) electrons. The molecular weight excluding hydrogens is 491 g/mol. The Labute approximate surface area is 201 Å². The summed E-state index contributed by atoms with van der Waals surface area (Å²) in [6, 6.07) is 6.83. The second kappa shape index (κ2) is 11.6. The van der Waals surface area contributed by atoms with Gasteiger partial charge >= 0.3 is 0 Å². The predicted molar refractivity (Wildman–Crippen MR) is 131 cm³/mol. The van der Waals surface area contributed by atoms with E-state index in [1.807, 2.05) is 6.07 Å². The number of aromatic nitrogens is 2. The molecule has 0 N–H and O–H groups in total. The highest BCUT2D eigenvalue weighted by Gasteiger charge is 2.46. The molecule has 0 aliphatic heterocycles. The van der Waals surface area contributed by atoms with E-state index in [9.17, 15) is 8.42 Å². The number of rotatable bonds is 4. The Morgan fingerprint density at radius 2 is 1.59 bits per heavy atom. The summed E-state index contributed by atoms with van der Waals surface area (Å²) < 4.78 is 30.6. The van der Waals surface area contributed by atoms with Crippen LogP contribution in [-0.4, -0.2) is 30.9 Å². The zero-order valence-electron chi connectivity index (χ0n) is 16.9. The molecule has 2 aromatic rings. The lowest BCUT2D eigenvalue weighted by Gasteiger charge is -2.42. The maximum Gasteiger partial charge on any atom is 0.214 e. The van der Waals surface area contributed by atoms with E-state index in [2.05, 4.69) is 18.7 Å². The molecule has 1 saturated carbocycles. The predicted octanol–water partition coefficient (Wildman–Crippen LogP) is 5.39. The van der Waals surface area contributed by atoms with E-state index in [1.165, 1.54) is 12.5 Å². The van der Waals surface area contributed by atoms with Crippen molar-refractivity contribution in [3.8, 4) is 12.4 Å². The lowest BCUT2D eigenvalue weighted by molar-refractivity contribution is 0.358. The first-order valence-corrected chi connectivity index (χ1v) is 13.7. The van der Waals surface area contributed by atoms with E-state index in [-0.39, 0.29) is 14.6 Å². The molecule has 12 heteroatoms. The van der Waals surface area contributed by atoms with Crippen LogP contribution in [0.1, 0.15) is 39.2 Å². The van der Waals surface area contributed by atoms with Gasteiger partial charge in [0.05, 0.1) is 30.0 Å². The summed E-state index contributed by atoms with van der Waals surface area (Å²) in [4.78, 5) is 7.85. The topological polar surface area (TPSA) is 132 Å². The minimum Gasteiger partial charge on any atom is -0.249 e. The maximum absolute atomic E-state index is 12.5. The highest BCUT2D eigenvalue weighted by molar-refractivity contribution is 7.94. The van der Waals surface area contributed by atoms with Crippen molar-refractivity contribution < 1.29 is 9.84 Å². The third-order valence-electron chi connectivity index (χ3n) is 4.81. The van der Waals surface area contributed by atoms with Gasteiger partial charge in [-0.05, 0) is 42.5 Å². The largest absolute Gasteiger partial charge is 0.249 e. The molecule has 0 aromatic carbocycles. The van der Waals surface area contributed by atoms with E-state index in [0.29, 0.717) is 10.3 Å². The Morgan fingerprint density at radius 3 is 2.00 bits per heavy atom. The Bertz CT molecular complexity index is 1250. The number of nitriles is 2. The van der Waals surface area contributed by atoms with Crippen LogP contribution in [0.25, 0.3) is 0 Å². The molecule has 0 spiro atoms. The van der Waals surface area contributed by atoms with Crippen molar-refractivity contribution in [1.29, 1.82) is 10.5 Å². The normalized spacial score (nSPS) is 17.2. The molecule has 2 heterocycles. The van der Waals surface area contributed by atoms with Crippen LogP contribution < -0.4 is 0 Å². The van der Waals surface area contributed by atoms with Gasteiger partial charge in [0.15, 0.2) is 0 Å². The fourth-order valence-corrected chi connectivity index (χ4v) is 6.30. The van der Waals surface area contributed by atoms with Gasteiger partial charge in [0, 0.05) is 26.3 Å². The van der Waals surface area contributed by atoms with Gasteiger partial charge in [-0.3, -0.25) is 0 Å². The average Bonchev–Trinajstić information content (AvgIpc) is 2.64. The van der Waals surface area contributed by atoms with E-state index >= 15 is 0 Å². The van der Waals surface area contributed by atoms with Crippen LogP contribution in [0.3, 0.4) is 0 Å². The summed E-state index contributed by atoms with van der Waals surface area (Å²) in [5.74, 6) is 0.213. The third-order valence-corrected chi connectivity index (χ3v) is 9.12. The summed E-state index contributed by atoms with van der Waals surface area (Å²) in [5, 5.41) is 17.7. The summed E-state index contributed by atoms with van der Waals surface area (Å²) in [5.41, 5.74) is 1.61. The molecule has 0 bridgehead atoms. The van der Waals surface area contributed by atoms with Crippen LogP contribution in [0.2, 0.25) is 10.3 Å². The molecule has 174 valence electrons. The van der Waals surface area contributed by atoms with Gasteiger partial charge in [-0.15, -0.1) is 8.73 Å². The lowest BCUT2D eigenvalue weighted by Crippen LogP contribution is -2.41. The zero-order chi connectivity index (χ0) is 23.1. The third kappa shape index (κ3) is 6.88. The van der Waals surface area contributed by atoms with Gasteiger partial charge in [-0.25, -0.2) is 18.4 Å². The first-order chi connectivity index (χ1) is 14.5. The molecule has 32 heavy (non-hydrogen) atoms. The second-order valence-corrected chi connectivity index (χ2v) is 12.7. The lowest BCUT2D eigenvalue weighted by atomic mass is 9.79. The second-order valence-electron chi connectivity index (χ2n) is 7.00. The smallest absolute Gasteiger partial charge is 0.214 e. The Hall–Kier alpha value is -2.24. The maximum atomic E-state index is 12.5. The number of hydrogen-bond donors (Lipinski definition) is 0. The number of nitrogens with zero attached hydrogens (tertiary/aromatic N) is 6. The van der Waals surface area contributed by atoms with Crippen LogP contribution in [0, 0.1) is 22.9 Å². The van der Waals surface area contributed by atoms with Crippen molar-refractivity contribution >= 4 is 42.7 Å². The summed E-state index contributed by atoms with van der Waals surface area (Å²) >= 11 is 11.3. The standard InChI is InChI=1S/C11H12ClN3OS.C8H8ClN3OS.CH4.H2/c1-17(16,15-8-13)11(5-2-6-11)9-3-4-10(12)14-7-9;1-14(13,12-6-10)5-7-2-3-8(9)11-4-7;;/h3-4,7H,2,5-6H2,1H3;2-4H,5H2,1H3;1H4;1H/i;;;1+1. The van der Waals surface area contributed by atoms with Gasteiger partial charge in [0.25, 0.3) is 0 Å². The molecule has 0 amide bonds. The molecule has 2 aromatic heterocycles. The van der Waals surface area contributed by atoms with Gasteiger partial charge in [0.2, 0.25) is 12.4 Å². The first-order valence-electron chi connectivity index (χ1n) is 8.95. The SMILES string of the molecule is C.CS(=O)(=NC#N)C1(c2ccc(Cl)nc2)CCC1.CS(=O)(Cc1ccc(Cl)nc1)=NC#N.[2HH]. The van der Waals surface area contributed by atoms with Gasteiger partial charge in [0.1, 0.15) is 10.3 Å². The molecule has 3 rings (SSSR count). The van der Waals surface area contributed by atoms with E-state index in [1.54, 1.807) is 43.0 Å². The Morgan fingerprint density at radius 1 is 1.03 bits per heavy atom. The van der Waals surface area contributed by atoms with E-state index < -0.39 is 24.2 Å². The van der Waals surface area contributed by atoms with Crippen LogP contribution >= 0.6 is 23.2 Å². The Kier molecular flexibility index (Phi) is 10.1. The van der Waals surface area contributed by atoms with Crippen LogP contribution in [-0.2, 0) is 30.0 Å². The highest BCUT2D eigenvalue weighted by Crippen LogP contribution is 2.48. The Balaban J connectivity index is 0.000000596. The molecule has 2 unspecified atom stereocenters. The fourth-order valence-electron chi connectivity index (χ4n) is 3.11. The number of halogens is 2. The molecule has 0 saturated heterocycles. The van der Waals surface area contributed by atoms with Crippen molar-refractivity contribution in [2.45, 2.75) is 37.2 Å². The summed E-state index contributed by atoms with van der Waals surface area (Å²) in [7, 11) is -5.04. The molecule has 1 aliphatic carbocycles. The first kappa shape index (κ1) is 27.8. The minimum atomic E-state index is -2.57. The van der Waals surface area contributed by atoms with Crippen molar-refractivity contribution in [2.24, 2.45) is 8.73 Å². The van der Waals surface area contributed by atoms with Gasteiger partial charge in [-0.1, -0.05) is 42.8 Å². The fraction of sp³-hybridized carbons (Fsp3) is 0.400. The zero-order valence-corrected chi connectivity index (χ0v) is 20.0. The molecule has 1 fully saturated rings. The molecule has 2 atom stereocenters. The van der Waals surface area contributed by atoms with Gasteiger partial charge in [-0.2, -0.15) is 10.5 Å². The van der Waals surface area contributed by atoms with Crippen LogP contribution in [0.15, 0.2) is 45.4 Å². The van der Waals surface area contributed by atoms with Crippen molar-refractivity contribution in [1.82, 2.24) is 9.97 Å². The number of hydrogen-bond acceptors (Lipinski definition) is 8. The van der Waals surface area contributed by atoms with Crippen molar-refractivity contribution in [2.75, 3.05) is 12.5 Å². The highest BCUT2D eigenvalue weighted by atomic mass is 35.5. The number of pyridine rings is 2. The van der Waals surface area contributed by atoms with Crippen LogP contribution in [0.4, 0.5) is 0 Å². The monoisotopic (exact) mass is 517 g/mol. The average molecular weight is 519 g/mol. The molecule has 8 nitrogen and oxygen atoms in total. The minimum absolute atomic E-state index is 0. The quantitative estimate of drug-likeness (QED) is 0.394. The molecule has 1 aliphatic rings. The van der Waals surface area contributed by atoms with Crippen molar-refractivity contribution in [3.63, 3.8) is 0 Å². The van der Waals surface area contributed by atoms with Gasteiger partial charge < -0.3 is 0 Å². The van der Waals surface area contributed by atoms with Crippen molar-refractivity contribution in [3.05, 3.63) is 58.1 Å². The summed E-state index contributed by atoms with van der Waals surface area (Å²) in [6.45, 7) is 0. The molecular formula is C20H26Cl2N6O2S2. The van der Waals surface area contributed by atoms with Crippen LogP contribution in [0.5, 0.6) is 0 Å².